The summed E-state index contributed by atoms with van der Waals surface area (Å²) in [6, 6.07) is 0. The molecule has 0 unspecified atom stereocenters. The summed E-state index contributed by atoms with van der Waals surface area (Å²) in [7, 11) is 0. The third-order valence-electron chi connectivity index (χ3n) is 2.16. The summed E-state index contributed by atoms with van der Waals surface area (Å²) in [6.07, 6.45) is 0.477. The van der Waals surface area contributed by atoms with E-state index in [0.717, 1.165) is 0 Å². The first-order chi connectivity index (χ1) is 5.77. The molecule has 0 radical (unpaired) electrons. The Morgan fingerprint density at radius 2 is 1.77 bits per heavy atom. The zero-order chi connectivity index (χ0) is 10.6. The Morgan fingerprint density at radius 1 is 1.31 bits per heavy atom. The standard InChI is InChI=1S/C10H18O3/c1-7(2)9(13)10(3,4)6-5-8(11)12/h7H,5-6H2,1-4H3,(H,11,12). The highest BCUT2D eigenvalue weighted by atomic mass is 16.4. The quantitative estimate of drug-likeness (QED) is 0.715. The summed E-state index contributed by atoms with van der Waals surface area (Å²) in [4.78, 5) is 21.9. The molecule has 0 bridgehead atoms. The van der Waals surface area contributed by atoms with E-state index in [0.29, 0.717) is 6.42 Å². The fourth-order valence-corrected chi connectivity index (χ4v) is 1.32. The minimum absolute atomic E-state index is 0.0243. The van der Waals surface area contributed by atoms with E-state index in [4.69, 9.17) is 5.11 Å². The molecule has 0 fully saturated rings. The van der Waals surface area contributed by atoms with Crippen LogP contribution in [0.3, 0.4) is 0 Å². The van der Waals surface area contributed by atoms with Crippen LogP contribution in [0.5, 0.6) is 0 Å². The first-order valence-corrected chi connectivity index (χ1v) is 4.53. The summed E-state index contributed by atoms with van der Waals surface area (Å²) in [5, 5.41) is 8.49. The Kier molecular flexibility index (Phi) is 4.11. The molecule has 0 rings (SSSR count). The van der Waals surface area contributed by atoms with Gasteiger partial charge in [-0.2, -0.15) is 0 Å². The molecule has 0 aromatic carbocycles. The van der Waals surface area contributed by atoms with Gasteiger partial charge in [-0.3, -0.25) is 9.59 Å². The van der Waals surface area contributed by atoms with E-state index in [1.54, 1.807) is 13.8 Å². The third-order valence-corrected chi connectivity index (χ3v) is 2.16. The van der Waals surface area contributed by atoms with Crippen molar-refractivity contribution in [2.45, 2.75) is 40.5 Å². The average molecular weight is 186 g/mol. The van der Waals surface area contributed by atoms with Gasteiger partial charge in [-0.15, -0.1) is 0 Å². The fourth-order valence-electron chi connectivity index (χ4n) is 1.32. The highest BCUT2D eigenvalue weighted by molar-refractivity contribution is 5.86. The van der Waals surface area contributed by atoms with Crippen LogP contribution in [0.25, 0.3) is 0 Å². The van der Waals surface area contributed by atoms with E-state index in [1.807, 2.05) is 13.8 Å². The summed E-state index contributed by atoms with van der Waals surface area (Å²) >= 11 is 0. The molecule has 0 amide bonds. The maximum Gasteiger partial charge on any atom is 0.303 e. The molecule has 0 atom stereocenters. The lowest BCUT2D eigenvalue weighted by molar-refractivity contribution is -0.138. The first-order valence-electron chi connectivity index (χ1n) is 4.53. The van der Waals surface area contributed by atoms with Crippen LogP contribution in [-0.4, -0.2) is 16.9 Å². The maximum atomic E-state index is 11.6. The number of hydrogen-bond acceptors (Lipinski definition) is 2. The monoisotopic (exact) mass is 186 g/mol. The highest BCUT2D eigenvalue weighted by Gasteiger charge is 2.29. The van der Waals surface area contributed by atoms with Crippen LogP contribution in [0, 0.1) is 11.3 Å². The van der Waals surface area contributed by atoms with Crippen molar-refractivity contribution in [1.82, 2.24) is 0 Å². The molecule has 1 N–H and O–H groups in total. The Labute approximate surface area is 79.1 Å². The van der Waals surface area contributed by atoms with Crippen LogP contribution < -0.4 is 0 Å². The molecule has 3 heteroatoms. The number of carboxylic acid groups (broad SMARTS) is 1. The van der Waals surface area contributed by atoms with Crippen LogP contribution >= 0.6 is 0 Å². The molecular weight excluding hydrogens is 168 g/mol. The predicted octanol–water partition coefficient (Wildman–Crippen LogP) is 2.10. The second-order valence-corrected chi connectivity index (χ2v) is 4.30. The maximum absolute atomic E-state index is 11.6. The number of carboxylic acids is 1. The van der Waals surface area contributed by atoms with Gasteiger partial charge < -0.3 is 5.11 Å². The highest BCUT2D eigenvalue weighted by Crippen LogP contribution is 2.26. The van der Waals surface area contributed by atoms with Crippen molar-refractivity contribution in [3.05, 3.63) is 0 Å². The number of Topliss-reactive ketones (excluding diaryl/α,β-unsaturated/α-hetero) is 1. The molecule has 3 nitrogen and oxygen atoms in total. The van der Waals surface area contributed by atoms with Crippen LogP contribution in [0.2, 0.25) is 0 Å². The molecule has 0 aliphatic heterocycles. The molecule has 0 heterocycles. The van der Waals surface area contributed by atoms with Crippen molar-refractivity contribution < 1.29 is 14.7 Å². The third kappa shape index (κ3) is 4.06. The summed E-state index contributed by atoms with van der Waals surface area (Å²) in [5.41, 5.74) is -0.507. The van der Waals surface area contributed by atoms with Crippen molar-refractivity contribution >= 4 is 11.8 Å². The minimum atomic E-state index is -0.843. The van der Waals surface area contributed by atoms with E-state index in [9.17, 15) is 9.59 Å². The van der Waals surface area contributed by atoms with Gasteiger partial charge in [-0.1, -0.05) is 27.7 Å². The predicted molar refractivity (Wildman–Crippen MR) is 50.5 cm³/mol. The first kappa shape index (κ1) is 12.1. The summed E-state index contributed by atoms with van der Waals surface area (Å²) in [6.45, 7) is 7.28. The number of carbonyl (C=O) groups is 2. The zero-order valence-corrected chi connectivity index (χ0v) is 8.76. The largest absolute Gasteiger partial charge is 0.481 e. The van der Waals surface area contributed by atoms with Crippen LogP contribution in [0.1, 0.15) is 40.5 Å². The van der Waals surface area contributed by atoms with Crippen LogP contribution in [0.15, 0.2) is 0 Å². The van der Waals surface area contributed by atoms with Gasteiger partial charge in [0.2, 0.25) is 0 Å². The number of rotatable bonds is 5. The molecular formula is C10H18O3. The van der Waals surface area contributed by atoms with E-state index in [-0.39, 0.29) is 18.1 Å². The Balaban J connectivity index is 4.22. The molecule has 0 saturated heterocycles. The van der Waals surface area contributed by atoms with E-state index < -0.39 is 11.4 Å². The second-order valence-electron chi connectivity index (χ2n) is 4.30. The molecule has 0 aliphatic rings. The molecule has 0 aliphatic carbocycles. The van der Waals surface area contributed by atoms with Gasteiger partial charge in [0.1, 0.15) is 5.78 Å². The average Bonchev–Trinajstić information content (AvgIpc) is 1.99. The van der Waals surface area contributed by atoms with Gasteiger partial charge in [0.05, 0.1) is 0 Å². The van der Waals surface area contributed by atoms with Gasteiger partial charge in [0.15, 0.2) is 0 Å². The van der Waals surface area contributed by atoms with Crippen LogP contribution in [0.4, 0.5) is 0 Å². The van der Waals surface area contributed by atoms with E-state index in [2.05, 4.69) is 0 Å². The summed E-state index contributed by atoms with van der Waals surface area (Å²) < 4.78 is 0. The lowest BCUT2D eigenvalue weighted by Crippen LogP contribution is -2.29. The number of aliphatic carboxylic acids is 1. The Morgan fingerprint density at radius 3 is 2.08 bits per heavy atom. The molecule has 13 heavy (non-hydrogen) atoms. The van der Waals surface area contributed by atoms with Crippen molar-refractivity contribution in [3.63, 3.8) is 0 Å². The van der Waals surface area contributed by atoms with Crippen molar-refractivity contribution in [3.8, 4) is 0 Å². The van der Waals surface area contributed by atoms with E-state index >= 15 is 0 Å². The number of hydrogen-bond donors (Lipinski definition) is 1. The van der Waals surface area contributed by atoms with Crippen molar-refractivity contribution in [2.75, 3.05) is 0 Å². The molecule has 76 valence electrons. The minimum Gasteiger partial charge on any atom is -0.481 e. The molecule has 0 aromatic rings. The van der Waals surface area contributed by atoms with Gasteiger partial charge in [-0.05, 0) is 6.42 Å². The second kappa shape index (κ2) is 4.40. The molecule has 0 saturated carbocycles. The smallest absolute Gasteiger partial charge is 0.303 e. The number of carbonyl (C=O) groups excluding carboxylic acids is 1. The molecule has 0 aromatic heterocycles. The van der Waals surface area contributed by atoms with E-state index in [1.165, 1.54) is 0 Å². The van der Waals surface area contributed by atoms with Gasteiger partial charge in [0, 0.05) is 17.8 Å². The van der Waals surface area contributed by atoms with Crippen molar-refractivity contribution in [2.24, 2.45) is 11.3 Å². The zero-order valence-electron chi connectivity index (χ0n) is 8.76. The topological polar surface area (TPSA) is 54.4 Å². The van der Waals surface area contributed by atoms with Gasteiger partial charge >= 0.3 is 5.97 Å². The van der Waals surface area contributed by atoms with Gasteiger partial charge in [0.25, 0.3) is 0 Å². The molecule has 0 spiro atoms. The van der Waals surface area contributed by atoms with Gasteiger partial charge in [-0.25, -0.2) is 0 Å². The van der Waals surface area contributed by atoms with Crippen molar-refractivity contribution in [1.29, 1.82) is 0 Å². The fraction of sp³-hybridized carbons (Fsp3) is 0.800. The van der Waals surface area contributed by atoms with Crippen LogP contribution in [-0.2, 0) is 9.59 Å². The lowest BCUT2D eigenvalue weighted by atomic mass is 9.79. The normalized spacial score (nSPS) is 11.8. The Bertz CT molecular complexity index is 204. The Hall–Kier alpha value is -0.860. The SMILES string of the molecule is CC(C)C(=O)C(C)(C)CCC(=O)O. The lowest BCUT2D eigenvalue weighted by Gasteiger charge is -2.24. The number of ketones is 1. The summed E-state index contributed by atoms with van der Waals surface area (Å²) in [5.74, 6) is -0.734.